The molecule has 21 heavy (non-hydrogen) atoms. The van der Waals surface area contributed by atoms with E-state index in [1.54, 1.807) is 12.1 Å². The third-order valence-corrected chi connectivity index (χ3v) is 4.61. The Balaban J connectivity index is 1.70. The van der Waals surface area contributed by atoms with Crippen LogP contribution in [0.5, 0.6) is 5.75 Å². The van der Waals surface area contributed by atoms with Crippen LogP contribution in [0.3, 0.4) is 0 Å². The monoisotopic (exact) mass is 316 g/mol. The summed E-state index contributed by atoms with van der Waals surface area (Å²) in [5.74, 6) is 0.887. The van der Waals surface area contributed by atoms with Crippen molar-refractivity contribution in [3.8, 4) is 5.75 Å². The van der Waals surface area contributed by atoms with Gasteiger partial charge in [-0.2, -0.15) is 8.78 Å². The van der Waals surface area contributed by atoms with Crippen molar-refractivity contribution in [2.75, 3.05) is 19.6 Å². The second-order valence-corrected chi connectivity index (χ2v) is 6.20. The fraction of sp³-hybridized carbons (Fsp3) is 0.600. The topological polar surface area (TPSA) is 24.5 Å². The van der Waals surface area contributed by atoms with E-state index in [1.807, 2.05) is 0 Å². The third-order valence-electron chi connectivity index (χ3n) is 4.37. The van der Waals surface area contributed by atoms with E-state index >= 15 is 0 Å². The lowest BCUT2D eigenvalue weighted by atomic mass is 9.93. The average molecular weight is 317 g/mol. The number of nitrogens with one attached hydrogen (secondary N) is 1. The summed E-state index contributed by atoms with van der Waals surface area (Å²) in [5.41, 5.74) is 0.729. The van der Waals surface area contributed by atoms with Gasteiger partial charge in [0.2, 0.25) is 0 Å². The molecule has 2 aliphatic rings. The molecule has 2 aliphatic heterocycles. The first kappa shape index (κ1) is 15.0. The van der Waals surface area contributed by atoms with Crippen molar-refractivity contribution in [1.82, 2.24) is 10.2 Å². The number of likely N-dealkylation sites (tertiary alicyclic amines) is 1. The molecule has 3 rings (SSSR count). The lowest BCUT2D eigenvalue weighted by Gasteiger charge is -2.35. The Morgan fingerprint density at radius 3 is 3.05 bits per heavy atom. The predicted molar refractivity (Wildman–Crippen MR) is 77.9 cm³/mol. The largest absolute Gasteiger partial charge is 0.434 e. The van der Waals surface area contributed by atoms with Gasteiger partial charge in [0.1, 0.15) is 5.75 Å². The molecule has 0 amide bonds. The molecule has 0 spiro atoms. The number of ether oxygens (including phenoxy) is 1. The molecule has 2 atom stereocenters. The summed E-state index contributed by atoms with van der Waals surface area (Å²) in [5, 5.41) is 4.06. The number of halogens is 3. The molecule has 116 valence electrons. The molecule has 2 unspecified atom stereocenters. The maximum atomic E-state index is 12.5. The van der Waals surface area contributed by atoms with Crippen LogP contribution in [0.15, 0.2) is 18.2 Å². The first-order valence-electron chi connectivity index (χ1n) is 7.31. The van der Waals surface area contributed by atoms with Gasteiger partial charge < -0.3 is 10.1 Å². The Labute approximate surface area is 128 Å². The van der Waals surface area contributed by atoms with Crippen molar-refractivity contribution in [2.45, 2.75) is 32.0 Å². The molecule has 6 heteroatoms. The highest BCUT2D eigenvalue weighted by Gasteiger charge is 2.32. The Morgan fingerprint density at radius 2 is 2.24 bits per heavy atom. The van der Waals surface area contributed by atoms with Crippen molar-refractivity contribution in [1.29, 1.82) is 0 Å². The van der Waals surface area contributed by atoms with E-state index in [1.165, 1.54) is 12.5 Å². The Morgan fingerprint density at radius 1 is 1.38 bits per heavy atom. The van der Waals surface area contributed by atoms with Gasteiger partial charge in [0.25, 0.3) is 0 Å². The van der Waals surface area contributed by atoms with E-state index < -0.39 is 6.61 Å². The van der Waals surface area contributed by atoms with Crippen LogP contribution in [-0.2, 0) is 6.54 Å². The van der Waals surface area contributed by atoms with Crippen LogP contribution in [0, 0.1) is 5.92 Å². The van der Waals surface area contributed by atoms with E-state index in [0.717, 1.165) is 31.6 Å². The van der Waals surface area contributed by atoms with Crippen molar-refractivity contribution in [2.24, 2.45) is 5.92 Å². The van der Waals surface area contributed by atoms with Crippen LogP contribution in [0.2, 0.25) is 5.02 Å². The summed E-state index contributed by atoms with van der Waals surface area (Å²) >= 11 is 5.99. The molecule has 0 aliphatic carbocycles. The molecule has 2 heterocycles. The van der Waals surface area contributed by atoms with E-state index in [9.17, 15) is 8.78 Å². The maximum absolute atomic E-state index is 12.5. The summed E-state index contributed by atoms with van der Waals surface area (Å²) in [6.07, 6.45) is 2.30. The number of hydrogen-bond acceptors (Lipinski definition) is 3. The minimum Gasteiger partial charge on any atom is -0.434 e. The Bertz CT molecular complexity index is 501. The van der Waals surface area contributed by atoms with E-state index in [0.29, 0.717) is 23.5 Å². The second kappa shape index (κ2) is 6.46. The number of nitrogens with zero attached hydrogens (tertiary/aromatic N) is 1. The molecule has 1 aromatic rings. The third kappa shape index (κ3) is 3.65. The number of hydrogen-bond donors (Lipinski definition) is 1. The molecule has 0 aromatic heterocycles. The number of alkyl halides is 2. The fourth-order valence-electron chi connectivity index (χ4n) is 3.39. The highest BCUT2D eigenvalue weighted by molar-refractivity contribution is 6.30. The molecule has 3 nitrogen and oxygen atoms in total. The highest BCUT2D eigenvalue weighted by Crippen LogP contribution is 2.29. The van der Waals surface area contributed by atoms with Crippen LogP contribution < -0.4 is 10.1 Å². The summed E-state index contributed by atoms with van der Waals surface area (Å²) in [7, 11) is 0. The van der Waals surface area contributed by atoms with Crippen LogP contribution in [0.4, 0.5) is 8.78 Å². The number of piperidine rings is 1. The van der Waals surface area contributed by atoms with Crippen LogP contribution in [0.25, 0.3) is 0 Å². The van der Waals surface area contributed by atoms with Gasteiger partial charge >= 0.3 is 6.61 Å². The van der Waals surface area contributed by atoms with Gasteiger partial charge in [0, 0.05) is 29.7 Å². The van der Waals surface area contributed by atoms with Gasteiger partial charge in [-0.25, -0.2) is 0 Å². The minimum absolute atomic E-state index is 0.223. The number of rotatable bonds is 4. The quantitative estimate of drug-likeness (QED) is 0.923. The summed E-state index contributed by atoms with van der Waals surface area (Å²) in [4.78, 5) is 2.30. The standard InChI is InChI=1S/C15H19ClF2N2O/c16-12-1-2-14(21-15(17)18)11(7-12)9-20-6-4-13-10(8-20)3-5-19-13/h1-2,7,10,13,15,19H,3-6,8-9H2. The zero-order valence-corrected chi connectivity index (χ0v) is 12.5. The van der Waals surface area contributed by atoms with Gasteiger partial charge in [-0.1, -0.05) is 11.6 Å². The first-order chi connectivity index (χ1) is 10.1. The molecular weight excluding hydrogens is 298 g/mol. The normalized spacial score (nSPS) is 26.1. The maximum Gasteiger partial charge on any atom is 0.387 e. The molecule has 0 bridgehead atoms. The van der Waals surface area contributed by atoms with Crippen molar-refractivity contribution >= 4 is 11.6 Å². The molecular formula is C15H19ClF2N2O. The van der Waals surface area contributed by atoms with Crippen LogP contribution in [0.1, 0.15) is 18.4 Å². The smallest absolute Gasteiger partial charge is 0.387 e. The molecule has 2 saturated heterocycles. The highest BCUT2D eigenvalue weighted by atomic mass is 35.5. The summed E-state index contributed by atoms with van der Waals surface area (Å²) < 4.78 is 29.6. The van der Waals surface area contributed by atoms with E-state index in [2.05, 4.69) is 15.0 Å². The Hall–Kier alpha value is -0.910. The van der Waals surface area contributed by atoms with E-state index in [-0.39, 0.29) is 5.75 Å². The lowest BCUT2D eigenvalue weighted by molar-refractivity contribution is -0.0508. The van der Waals surface area contributed by atoms with Gasteiger partial charge in [-0.05, 0) is 50.0 Å². The molecule has 0 saturated carbocycles. The second-order valence-electron chi connectivity index (χ2n) is 5.76. The van der Waals surface area contributed by atoms with Crippen molar-refractivity contribution < 1.29 is 13.5 Å². The van der Waals surface area contributed by atoms with Gasteiger partial charge in [-0.3, -0.25) is 4.90 Å². The zero-order valence-electron chi connectivity index (χ0n) is 11.7. The average Bonchev–Trinajstić information content (AvgIpc) is 2.89. The number of fused-ring (bicyclic) bond motifs is 1. The molecule has 2 fully saturated rings. The molecule has 0 radical (unpaired) electrons. The van der Waals surface area contributed by atoms with Crippen molar-refractivity contribution in [3.63, 3.8) is 0 Å². The fourth-order valence-corrected chi connectivity index (χ4v) is 3.58. The summed E-state index contributed by atoms with van der Waals surface area (Å²) in [6.45, 7) is 0.841. The molecule has 1 aromatic carbocycles. The van der Waals surface area contributed by atoms with E-state index in [4.69, 9.17) is 11.6 Å². The van der Waals surface area contributed by atoms with Gasteiger partial charge in [0.05, 0.1) is 0 Å². The zero-order chi connectivity index (χ0) is 14.8. The summed E-state index contributed by atoms with van der Waals surface area (Å²) in [6, 6.07) is 5.44. The minimum atomic E-state index is -2.81. The van der Waals surface area contributed by atoms with Crippen molar-refractivity contribution in [3.05, 3.63) is 28.8 Å². The Kier molecular flexibility index (Phi) is 4.62. The number of benzene rings is 1. The van der Waals surface area contributed by atoms with Crippen LogP contribution in [-0.4, -0.2) is 37.2 Å². The predicted octanol–water partition coefficient (Wildman–Crippen LogP) is 3.13. The molecule has 1 N–H and O–H groups in total. The van der Waals surface area contributed by atoms with Gasteiger partial charge in [-0.15, -0.1) is 0 Å². The SMILES string of the molecule is FC(F)Oc1ccc(Cl)cc1CN1CCC2NCCC2C1. The van der Waals surface area contributed by atoms with Crippen LogP contribution >= 0.6 is 11.6 Å². The van der Waals surface area contributed by atoms with Gasteiger partial charge in [0.15, 0.2) is 0 Å². The lowest BCUT2D eigenvalue weighted by Crippen LogP contribution is -2.43. The first-order valence-corrected chi connectivity index (χ1v) is 7.68.